The minimum atomic E-state index is 0.341. The van der Waals surface area contributed by atoms with E-state index in [1.165, 1.54) is 20.0 Å². The Labute approximate surface area is 118 Å². The number of pyridine rings is 2. The Hall–Kier alpha value is -1.70. The normalized spacial score (nSPS) is 10.6. The summed E-state index contributed by atoms with van der Waals surface area (Å²) in [6, 6.07) is 12.9. The molecule has 3 aromatic heterocycles. The zero-order chi connectivity index (χ0) is 13.2. The van der Waals surface area contributed by atoms with Crippen LogP contribution >= 0.6 is 0 Å². The summed E-state index contributed by atoms with van der Waals surface area (Å²) in [5.74, 6) is 0. The topological polar surface area (TPSA) is 25.8 Å². The van der Waals surface area contributed by atoms with E-state index in [9.17, 15) is 0 Å². The van der Waals surface area contributed by atoms with Gasteiger partial charge in [-0.3, -0.25) is 0 Å². The van der Waals surface area contributed by atoms with E-state index in [1.807, 2.05) is 26.2 Å². The molecule has 0 N–H and O–H groups in total. The molecule has 2 nitrogen and oxygen atoms in total. The van der Waals surface area contributed by atoms with Crippen molar-refractivity contribution in [3.63, 3.8) is 0 Å². The number of rotatable bonds is 2. The van der Waals surface area contributed by atoms with Crippen molar-refractivity contribution < 1.29 is 0 Å². The van der Waals surface area contributed by atoms with E-state index in [1.54, 1.807) is 0 Å². The molecular weight excluding hydrogens is 299 g/mol. The monoisotopic (exact) mass is 314 g/mol. The fourth-order valence-electron chi connectivity index (χ4n) is 1.88. The molecule has 3 rings (SSSR count). The Kier molecular flexibility index (Phi) is 3.32. The average Bonchev–Trinajstić information content (AvgIpc) is 2.90. The van der Waals surface area contributed by atoms with Crippen LogP contribution in [0, 0.1) is 13.8 Å². The number of nitrogens with zero attached hydrogens (tertiary/aromatic N) is 2. The molecule has 0 atom stereocenters. The zero-order valence-electron chi connectivity index (χ0n) is 10.9. The van der Waals surface area contributed by atoms with Crippen molar-refractivity contribution >= 4 is 14.5 Å². The fraction of sp³-hybridized carbons (Fsp3) is 0.125. The second-order valence-electron chi connectivity index (χ2n) is 4.54. The van der Waals surface area contributed by atoms with Gasteiger partial charge in [0.25, 0.3) is 0 Å². The third kappa shape index (κ3) is 2.67. The Morgan fingerprint density at radius 3 is 1.53 bits per heavy atom. The van der Waals surface area contributed by atoms with Gasteiger partial charge in [0.05, 0.1) is 0 Å². The van der Waals surface area contributed by atoms with Crippen molar-refractivity contribution in [1.29, 1.82) is 0 Å². The summed E-state index contributed by atoms with van der Waals surface area (Å²) in [6.07, 6.45) is 3.93. The van der Waals surface area contributed by atoms with E-state index >= 15 is 0 Å². The van der Waals surface area contributed by atoms with Crippen LogP contribution in [-0.2, 0) is 0 Å². The van der Waals surface area contributed by atoms with E-state index in [0.29, 0.717) is 14.5 Å². The molecule has 0 radical (unpaired) electrons. The number of aryl methyl sites for hydroxylation is 2. The second-order valence-corrected chi connectivity index (χ2v) is 6.81. The zero-order valence-corrected chi connectivity index (χ0v) is 12.6. The van der Waals surface area contributed by atoms with Crippen molar-refractivity contribution in [3.05, 3.63) is 60.2 Å². The summed E-state index contributed by atoms with van der Waals surface area (Å²) in [5, 5.41) is 0. The van der Waals surface area contributed by atoms with E-state index in [2.05, 4.69) is 46.4 Å². The van der Waals surface area contributed by atoms with Crippen LogP contribution in [0.25, 0.3) is 20.0 Å². The molecule has 0 amide bonds. The molecule has 0 aliphatic carbocycles. The molecular formula is C16H14N2Se. The van der Waals surface area contributed by atoms with Crippen LogP contribution in [0.2, 0.25) is 0 Å². The Morgan fingerprint density at radius 1 is 0.684 bits per heavy atom. The van der Waals surface area contributed by atoms with Gasteiger partial charge in [-0.05, 0) is 0 Å². The van der Waals surface area contributed by atoms with Gasteiger partial charge in [-0.15, -0.1) is 0 Å². The average molecular weight is 313 g/mol. The molecule has 3 heterocycles. The summed E-state index contributed by atoms with van der Waals surface area (Å²) in [5.41, 5.74) is 4.59. The first-order valence-electron chi connectivity index (χ1n) is 6.18. The van der Waals surface area contributed by atoms with Gasteiger partial charge >= 0.3 is 119 Å². The summed E-state index contributed by atoms with van der Waals surface area (Å²) < 4.78 is 2.77. The molecule has 3 aromatic rings. The van der Waals surface area contributed by atoms with Crippen LogP contribution in [-0.4, -0.2) is 24.5 Å². The Bertz CT molecular complexity index is 622. The van der Waals surface area contributed by atoms with Crippen molar-refractivity contribution in [2.24, 2.45) is 0 Å². The molecule has 94 valence electrons. The molecule has 0 unspecified atom stereocenters. The van der Waals surface area contributed by atoms with E-state index in [0.717, 1.165) is 11.4 Å². The molecule has 0 aromatic carbocycles. The SMILES string of the molecule is Cc1ccc(-c2ccc(-c3ccc(C)nc3)[se]2)cn1. The molecule has 0 saturated heterocycles. The van der Waals surface area contributed by atoms with Gasteiger partial charge in [0.15, 0.2) is 0 Å². The quantitative estimate of drug-likeness (QED) is 0.677. The maximum atomic E-state index is 4.37. The molecule has 0 fully saturated rings. The number of hydrogen-bond donors (Lipinski definition) is 0. The van der Waals surface area contributed by atoms with Crippen LogP contribution in [0.1, 0.15) is 11.4 Å². The maximum absolute atomic E-state index is 4.37. The van der Waals surface area contributed by atoms with Gasteiger partial charge in [0.1, 0.15) is 0 Å². The summed E-state index contributed by atoms with van der Waals surface area (Å²) in [7, 11) is 0. The number of aromatic nitrogens is 2. The first-order valence-corrected chi connectivity index (χ1v) is 7.89. The van der Waals surface area contributed by atoms with Gasteiger partial charge in [0.2, 0.25) is 0 Å². The van der Waals surface area contributed by atoms with Crippen LogP contribution < -0.4 is 0 Å². The molecule has 3 heteroatoms. The summed E-state index contributed by atoms with van der Waals surface area (Å²) in [4.78, 5) is 8.73. The molecule has 0 bridgehead atoms. The molecule has 0 aliphatic rings. The Balaban J connectivity index is 1.95. The van der Waals surface area contributed by atoms with E-state index in [-0.39, 0.29) is 0 Å². The summed E-state index contributed by atoms with van der Waals surface area (Å²) >= 11 is 0.341. The van der Waals surface area contributed by atoms with Crippen molar-refractivity contribution in [3.8, 4) is 20.0 Å². The standard InChI is InChI=1S/C16H14N2Se/c1-11-3-5-13(9-17-11)15-7-8-16(19-15)14-6-4-12(2)18-10-14/h3-10H,1-2H3. The third-order valence-corrected chi connectivity index (χ3v) is 5.48. The van der Waals surface area contributed by atoms with Crippen LogP contribution in [0.5, 0.6) is 0 Å². The van der Waals surface area contributed by atoms with Gasteiger partial charge in [-0.25, -0.2) is 0 Å². The first kappa shape index (κ1) is 12.3. The van der Waals surface area contributed by atoms with Gasteiger partial charge < -0.3 is 0 Å². The fourth-order valence-corrected chi connectivity index (χ4v) is 3.94. The van der Waals surface area contributed by atoms with Crippen molar-refractivity contribution in [1.82, 2.24) is 9.97 Å². The number of hydrogen-bond acceptors (Lipinski definition) is 2. The predicted molar refractivity (Wildman–Crippen MR) is 79.3 cm³/mol. The molecule has 19 heavy (non-hydrogen) atoms. The third-order valence-electron chi connectivity index (χ3n) is 3.00. The molecule has 0 saturated carbocycles. The van der Waals surface area contributed by atoms with Crippen molar-refractivity contribution in [2.75, 3.05) is 0 Å². The van der Waals surface area contributed by atoms with Gasteiger partial charge in [-0.1, -0.05) is 0 Å². The van der Waals surface area contributed by atoms with Crippen LogP contribution in [0.3, 0.4) is 0 Å². The molecule has 0 spiro atoms. The summed E-state index contributed by atoms with van der Waals surface area (Å²) in [6.45, 7) is 4.03. The predicted octanol–water partition coefficient (Wildman–Crippen LogP) is 3.48. The Morgan fingerprint density at radius 2 is 1.16 bits per heavy atom. The second kappa shape index (κ2) is 5.12. The van der Waals surface area contributed by atoms with Crippen LogP contribution in [0.4, 0.5) is 0 Å². The molecule has 0 aliphatic heterocycles. The van der Waals surface area contributed by atoms with Gasteiger partial charge in [-0.2, -0.15) is 0 Å². The van der Waals surface area contributed by atoms with Gasteiger partial charge in [0, 0.05) is 0 Å². The first-order chi connectivity index (χ1) is 9.22. The van der Waals surface area contributed by atoms with Crippen molar-refractivity contribution in [2.45, 2.75) is 13.8 Å². The van der Waals surface area contributed by atoms with E-state index in [4.69, 9.17) is 0 Å². The van der Waals surface area contributed by atoms with E-state index < -0.39 is 0 Å². The minimum absolute atomic E-state index is 0.341. The van der Waals surface area contributed by atoms with Crippen LogP contribution in [0.15, 0.2) is 48.8 Å².